The molecule has 156 valence electrons. The summed E-state index contributed by atoms with van der Waals surface area (Å²) in [6.45, 7) is 1.72. The number of carbonyl (C=O) groups is 1. The normalized spacial score (nSPS) is 20.1. The molecule has 1 saturated heterocycles. The summed E-state index contributed by atoms with van der Waals surface area (Å²) in [5.74, 6) is 0.884. The van der Waals surface area contributed by atoms with Gasteiger partial charge in [-0.25, -0.2) is 12.7 Å². The first-order valence-corrected chi connectivity index (χ1v) is 12.4. The average molecular weight is 407 g/mol. The van der Waals surface area contributed by atoms with Crippen molar-refractivity contribution >= 4 is 15.9 Å². The predicted octanol–water partition coefficient (Wildman–Crippen LogP) is 3.36. The van der Waals surface area contributed by atoms with Gasteiger partial charge in [0.2, 0.25) is 15.9 Å². The van der Waals surface area contributed by atoms with Crippen molar-refractivity contribution in [1.29, 1.82) is 0 Å². The van der Waals surface area contributed by atoms with Crippen LogP contribution in [0.15, 0.2) is 30.3 Å². The third-order valence-corrected chi connectivity index (χ3v) is 8.17. The fourth-order valence-corrected chi connectivity index (χ4v) is 5.94. The largest absolute Gasteiger partial charge is 0.356 e. The number of piperidine rings is 1. The molecule has 1 saturated carbocycles. The third kappa shape index (κ3) is 6.31. The summed E-state index contributed by atoms with van der Waals surface area (Å²) in [5.41, 5.74) is 1.17. The standard InChI is InChI=1S/C22H34N2O3S/c25-22(23-18-20-10-5-2-6-11-20)21-13-15-24(16-14-21)28(26,27)17-7-12-19-8-3-1-4-9-19/h1,3-4,8-9,20-21H,2,5-7,10-18H2,(H,23,25). The van der Waals surface area contributed by atoms with E-state index in [0.717, 1.165) is 13.0 Å². The number of nitrogens with zero attached hydrogens (tertiary/aromatic N) is 1. The average Bonchev–Trinajstić information content (AvgIpc) is 2.73. The Morgan fingerprint density at radius 2 is 1.68 bits per heavy atom. The highest BCUT2D eigenvalue weighted by molar-refractivity contribution is 7.89. The Morgan fingerprint density at radius 1 is 1.00 bits per heavy atom. The van der Waals surface area contributed by atoms with Gasteiger partial charge in [0.05, 0.1) is 5.75 Å². The van der Waals surface area contributed by atoms with Crippen molar-refractivity contribution in [2.24, 2.45) is 11.8 Å². The fraction of sp³-hybridized carbons (Fsp3) is 0.682. The van der Waals surface area contributed by atoms with Crippen molar-refractivity contribution in [3.63, 3.8) is 0 Å². The van der Waals surface area contributed by atoms with E-state index in [1.165, 1.54) is 37.7 Å². The van der Waals surface area contributed by atoms with Gasteiger partial charge in [-0.3, -0.25) is 4.79 Å². The molecule has 0 spiro atoms. The first-order valence-electron chi connectivity index (χ1n) is 10.8. The van der Waals surface area contributed by atoms with Crippen LogP contribution in [0, 0.1) is 11.8 Å². The van der Waals surface area contributed by atoms with Gasteiger partial charge in [0, 0.05) is 25.6 Å². The maximum absolute atomic E-state index is 12.6. The summed E-state index contributed by atoms with van der Waals surface area (Å²) in [7, 11) is -3.23. The molecule has 2 aliphatic rings. The second kappa shape index (κ2) is 10.4. The Kier molecular flexibility index (Phi) is 7.91. The molecule has 6 heteroatoms. The SMILES string of the molecule is O=C(NCC1CCCCC1)C1CCN(S(=O)(=O)CCCc2ccccc2)CC1. The molecule has 5 nitrogen and oxygen atoms in total. The van der Waals surface area contributed by atoms with Crippen LogP contribution in [-0.4, -0.2) is 44.0 Å². The second-order valence-corrected chi connectivity index (χ2v) is 10.4. The topological polar surface area (TPSA) is 66.5 Å². The number of hydrogen-bond acceptors (Lipinski definition) is 3. The number of nitrogens with one attached hydrogen (secondary N) is 1. The molecule has 1 aromatic rings. The van der Waals surface area contributed by atoms with Crippen LogP contribution >= 0.6 is 0 Å². The van der Waals surface area contributed by atoms with Gasteiger partial charge in [0.15, 0.2) is 0 Å². The molecule has 0 bridgehead atoms. The smallest absolute Gasteiger partial charge is 0.223 e. The third-order valence-electron chi connectivity index (χ3n) is 6.22. The molecular formula is C22H34N2O3S. The highest BCUT2D eigenvalue weighted by atomic mass is 32.2. The van der Waals surface area contributed by atoms with Crippen LogP contribution in [0.1, 0.15) is 56.9 Å². The molecule has 1 heterocycles. The molecule has 0 atom stereocenters. The minimum Gasteiger partial charge on any atom is -0.356 e. The molecular weight excluding hydrogens is 372 g/mol. The predicted molar refractivity (Wildman–Crippen MR) is 112 cm³/mol. The van der Waals surface area contributed by atoms with E-state index in [2.05, 4.69) is 5.32 Å². The summed E-state index contributed by atoms with van der Waals surface area (Å²) in [4.78, 5) is 12.4. The zero-order chi connectivity index (χ0) is 19.8. The van der Waals surface area contributed by atoms with E-state index in [1.54, 1.807) is 4.31 Å². The van der Waals surface area contributed by atoms with Gasteiger partial charge >= 0.3 is 0 Å². The van der Waals surface area contributed by atoms with E-state index < -0.39 is 10.0 Å². The minimum atomic E-state index is -3.23. The number of sulfonamides is 1. The van der Waals surface area contributed by atoms with Crippen molar-refractivity contribution in [2.45, 2.75) is 57.8 Å². The van der Waals surface area contributed by atoms with E-state index in [9.17, 15) is 13.2 Å². The fourth-order valence-electron chi connectivity index (χ4n) is 4.41. The molecule has 28 heavy (non-hydrogen) atoms. The molecule has 0 radical (unpaired) electrons. The van der Waals surface area contributed by atoms with Gasteiger partial charge in [-0.05, 0) is 50.0 Å². The monoisotopic (exact) mass is 406 g/mol. The van der Waals surface area contributed by atoms with Gasteiger partial charge in [-0.1, -0.05) is 49.6 Å². The Hall–Kier alpha value is -1.40. The van der Waals surface area contributed by atoms with Crippen LogP contribution in [-0.2, 0) is 21.2 Å². The number of rotatable bonds is 8. The number of benzene rings is 1. The van der Waals surface area contributed by atoms with Crippen LogP contribution in [0.25, 0.3) is 0 Å². The lowest BCUT2D eigenvalue weighted by molar-refractivity contribution is -0.126. The lowest BCUT2D eigenvalue weighted by Crippen LogP contribution is -2.44. The van der Waals surface area contributed by atoms with Crippen molar-refractivity contribution in [3.8, 4) is 0 Å². The van der Waals surface area contributed by atoms with Crippen LogP contribution in [0.4, 0.5) is 0 Å². The number of aryl methyl sites for hydroxylation is 1. The minimum absolute atomic E-state index is 0.0423. The Morgan fingerprint density at radius 3 is 2.36 bits per heavy atom. The summed E-state index contributed by atoms with van der Waals surface area (Å²) >= 11 is 0. The highest BCUT2D eigenvalue weighted by Gasteiger charge is 2.31. The Labute approximate surface area is 169 Å². The van der Waals surface area contributed by atoms with Crippen LogP contribution in [0.2, 0.25) is 0 Å². The Bertz CT molecular complexity index is 707. The number of amides is 1. The van der Waals surface area contributed by atoms with E-state index in [-0.39, 0.29) is 17.6 Å². The summed E-state index contributed by atoms with van der Waals surface area (Å²) < 4.78 is 26.8. The van der Waals surface area contributed by atoms with Crippen molar-refractivity contribution in [3.05, 3.63) is 35.9 Å². The maximum atomic E-state index is 12.6. The molecule has 0 unspecified atom stereocenters. The van der Waals surface area contributed by atoms with Gasteiger partial charge in [0.1, 0.15) is 0 Å². The zero-order valence-corrected chi connectivity index (χ0v) is 17.6. The molecule has 1 aliphatic carbocycles. The highest BCUT2D eigenvalue weighted by Crippen LogP contribution is 2.24. The van der Waals surface area contributed by atoms with E-state index in [1.807, 2.05) is 30.3 Å². The first kappa shape index (κ1) is 21.3. The molecule has 1 amide bonds. The Balaban J connectivity index is 1.37. The van der Waals surface area contributed by atoms with Gasteiger partial charge in [0.25, 0.3) is 0 Å². The zero-order valence-electron chi connectivity index (χ0n) is 16.8. The van der Waals surface area contributed by atoms with Crippen LogP contribution < -0.4 is 5.32 Å². The van der Waals surface area contributed by atoms with Gasteiger partial charge in [-0.2, -0.15) is 0 Å². The van der Waals surface area contributed by atoms with Crippen LogP contribution in [0.3, 0.4) is 0 Å². The maximum Gasteiger partial charge on any atom is 0.223 e. The van der Waals surface area contributed by atoms with Crippen molar-refractivity contribution in [2.75, 3.05) is 25.4 Å². The molecule has 1 aromatic carbocycles. The van der Waals surface area contributed by atoms with Crippen molar-refractivity contribution < 1.29 is 13.2 Å². The lowest BCUT2D eigenvalue weighted by Gasteiger charge is -2.31. The summed E-state index contributed by atoms with van der Waals surface area (Å²) in [6.07, 6.45) is 9.00. The molecule has 2 fully saturated rings. The molecule has 1 N–H and O–H groups in total. The quantitative estimate of drug-likeness (QED) is 0.720. The van der Waals surface area contributed by atoms with Gasteiger partial charge < -0.3 is 5.32 Å². The van der Waals surface area contributed by atoms with Gasteiger partial charge in [-0.15, -0.1) is 0 Å². The molecule has 3 rings (SSSR count). The van der Waals surface area contributed by atoms with Crippen LogP contribution in [0.5, 0.6) is 0 Å². The molecule has 0 aromatic heterocycles. The summed E-state index contributed by atoms with van der Waals surface area (Å²) in [6, 6.07) is 9.99. The first-order chi connectivity index (χ1) is 13.5. The number of carbonyl (C=O) groups excluding carboxylic acids is 1. The second-order valence-electron chi connectivity index (χ2n) is 8.33. The van der Waals surface area contributed by atoms with E-state index in [0.29, 0.717) is 38.3 Å². The van der Waals surface area contributed by atoms with E-state index >= 15 is 0 Å². The lowest BCUT2D eigenvalue weighted by atomic mass is 9.89. The molecule has 1 aliphatic heterocycles. The summed E-state index contributed by atoms with van der Waals surface area (Å²) in [5, 5.41) is 3.12. The van der Waals surface area contributed by atoms with E-state index in [4.69, 9.17) is 0 Å². The van der Waals surface area contributed by atoms with Crippen molar-refractivity contribution in [1.82, 2.24) is 9.62 Å². The number of hydrogen-bond donors (Lipinski definition) is 1.